The zero-order chi connectivity index (χ0) is 21.0. The van der Waals surface area contributed by atoms with Crippen molar-refractivity contribution >= 4 is 10.3 Å². The lowest BCUT2D eigenvalue weighted by atomic mass is 9.53. The number of methoxy groups -OCH3 is 1. The minimum Gasteiger partial charge on any atom is -0.493 e. The van der Waals surface area contributed by atoms with Gasteiger partial charge in [0.2, 0.25) is 0 Å². The Bertz CT molecular complexity index is 885. The fourth-order valence-electron chi connectivity index (χ4n) is 7.03. The monoisotopic (exact) mass is 423 g/mol. The molecule has 2 saturated carbocycles. The Hall–Kier alpha value is -1.31. The topological polar surface area (TPSA) is 98.9 Å². The molecule has 0 amide bonds. The van der Waals surface area contributed by atoms with Gasteiger partial charge in [-0.25, -0.2) is 0 Å². The molecule has 29 heavy (non-hydrogen) atoms. The van der Waals surface area contributed by atoms with Crippen molar-refractivity contribution in [2.75, 3.05) is 13.7 Å². The van der Waals surface area contributed by atoms with Crippen molar-refractivity contribution in [3.8, 4) is 11.5 Å². The minimum absolute atomic E-state index is 0.172. The van der Waals surface area contributed by atoms with Crippen molar-refractivity contribution < 1.29 is 22.4 Å². The lowest BCUT2D eigenvalue weighted by molar-refractivity contribution is 0.00153. The Morgan fingerprint density at radius 2 is 2.00 bits per heavy atom. The van der Waals surface area contributed by atoms with Gasteiger partial charge in [-0.3, -0.25) is 0 Å². The standard InChI is InChI=1S/C22H33NO5S/c1-13(12-24)18-6-7-19-16-5-4-14-10-21(28-29(23,25)26)20(27-3)11-17(14)15(16)8-9-22(18,19)2/h10-11,13,15-16,18-19,24H,4-9,12H2,1-3H3,(H2,23,25,26)/t13-,15+,16-,18-,19+,22-/m1/s1. The molecule has 3 aliphatic rings. The van der Waals surface area contributed by atoms with Gasteiger partial charge in [-0.15, -0.1) is 0 Å². The molecular weight excluding hydrogens is 390 g/mol. The smallest absolute Gasteiger partial charge is 0.380 e. The van der Waals surface area contributed by atoms with Crippen molar-refractivity contribution in [1.29, 1.82) is 0 Å². The molecule has 0 radical (unpaired) electrons. The highest BCUT2D eigenvalue weighted by molar-refractivity contribution is 7.84. The van der Waals surface area contributed by atoms with Gasteiger partial charge in [-0.2, -0.15) is 13.6 Å². The molecule has 0 aromatic heterocycles. The molecule has 4 rings (SSSR count). The molecule has 0 spiro atoms. The van der Waals surface area contributed by atoms with Crippen LogP contribution in [0.2, 0.25) is 0 Å². The Kier molecular flexibility index (Phi) is 5.37. The third-order valence-corrected chi connectivity index (χ3v) is 8.68. The summed E-state index contributed by atoms with van der Waals surface area (Å²) < 4.78 is 33.2. The van der Waals surface area contributed by atoms with Crippen LogP contribution in [0.5, 0.6) is 11.5 Å². The molecule has 3 N–H and O–H groups in total. The van der Waals surface area contributed by atoms with Crippen LogP contribution in [0.15, 0.2) is 12.1 Å². The maximum absolute atomic E-state index is 11.4. The Labute approximate surface area is 174 Å². The van der Waals surface area contributed by atoms with Gasteiger partial charge in [-0.05, 0) is 96.8 Å². The van der Waals surface area contributed by atoms with Crippen LogP contribution in [-0.2, 0) is 16.7 Å². The van der Waals surface area contributed by atoms with Gasteiger partial charge >= 0.3 is 10.3 Å². The predicted molar refractivity (Wildman–Crippen MR) is 111 cm³/mol. The highest BCUT2D eigenvalue weighted by atomic mass is 32.2. The summed E-state index contributed by atoms with van der Waals surface area (Å²) in [5.74, 6) is 3.33. The summed E-state index contributed by atoms with van der Waals surface area (Å²) in [6, 6.07) is 3.77. The zero-order valence-corrected chi connectivity index (χ0v) is 18.4. The van der Waals surface area contributed by atoms with Gasteiger partial charge in [0.15, 0.2) is 11.5 Å². The van der Waals surface area contributed by atoms with Crippen LogP contribution in [0.25, 0.3) is 0 Å². The second kappa shape index (κ2) is 7.43. The largest absolute Gasteiger partial charge is 0.493 e. The molecule has 1 aromatic carbocycles. The first kappa shape index (κ1) is 20.9. The number of hydrogen-bond acceptors (Lipinski definition) is 5. The molecule has 0 bridgehead atoms. The van der Waals surface area contributed by atoms with Crippen LogP contribution in [0, 0.1) is 29.1 Å². The van der Waals surface area contributed by atoms with E-state index < -0.39 is 10.3 Å². The first-order chi connectivity index (χ1) is 13.7. The minimum atomic E-state index is -4.10. The lowest BCUT2D eigenvalue weighted by Crippen LogP contribution is -2.43. The quantitative estimate of drug-likeness (QED) is 0.756. The van der Waals surface area contributed by atoms with E-state index in [2.05, 4.69) is 13.8 Å². The van der Waals surface area contributed by atoms with Crippen LogP contribution < -0.4 is 14.1 Å². The molecule has 1 aromatic rings. The van der Waals surface area contributed by atoms with Crippen molar-refractivity contribution in [3.63, 3.8) is 0 Å². The normalized spacial score (nSPS) is 34.7. The van der Waals surface area contributed by atoms with E-state index in [0.717, 1.165) is 24.8 Å². The molecule has 0 heterocycles. The third kappa shape index (κ3) is 3.55. The molecular formula is C22H33NO5S. The number of benzene rings is 1. The Morgan fingerprint density at radius 3 is 2.66 bits per heavy atom. The van der Waals surface area contributed by atoms with Crippen LogP contribution >= 0.6 is 0 Å². The summed E-state index contributed by atoms with van der Waals surface area (Å²) >= 11 is 0. The molecule has 3 aliphatic carbocycles. The number of hydrogen-bond donors (Lipinski definition) is 2. The number of ether oxygens (including phenoxy) is 1. The van der Waals surface area contributed by atoms with E-state index in [1.807, 2.05) is 6.07 Å². The van der Waals surface area contributed by atoms with E-state index in [0.29, 0.717) is 40.8 Å². The van der Waals surface area contributed by atoms with Gasteiger partial charge in [0.1, 0.15) is 0 Å². The van der Waals surface area contributed by atoms with Crippen LogP contribution in [0.1, 0.15) is 63.0 Å². The first-order valence-corrected chi connectivity index (χ1v) is 12.2. The number of aliphatic hydroxyl groups is 1. The molecule has 7 heteroatoms. The third-order valence-electron chi connectivity index (χ3n) is 8.26. The number of aliphatic hydroxyl groups excluding tert-OH is 1. The molecule has 162 valence electrons. The highest BCUT2D eigenvalue weighted by Crippen LogP contribution is 2.64. The zero-order valence-electron chi connectivity index (χ0n) is 17.6. The highest BCUT2D eigenvalue weighted by Gasteiger charge is 2.55. The second-order valence-electron chi connectivity index (χ2n) is 9.58. The van der Waals surface area contributed by atoms with Gasteiger partial charge in [0.05, 0.1) is 7.11 Å². The number of fused-ring (bicyclic) bond motifs is 5. The lowest BCUT2D eigenvalue weighted by Gasteiger charge is -2.52. The van der Waals surface area contributed by atoms with Crippen LogP contribution in [-0.4, -0.2) is 27.2 Å². The van der Waals surface area contributed by atoms with E-state index in [-0.39, 0.29) is 12.4 Å². The van der Waals surface area contributed by atoms with Gasteiger partial charge in [-0.1, -0.05) is 13.8 Å². The Balaban J connectivity index is 1.66. The van der Waals surface area contributed by atoms with Gasteiger partial charge < -0.3 is 14.0 Å². The molecule has 6 atom stereocenters. The number of nitrogens with two attached hydrogens (primary N) is 1. The SMILES string of the molecule is COc1cc2c(cc1OS(N)(=O)=O)CC[C@@H]1[C@@H]2CC[C@]2(C)[C@@H]([C@H](C)CO)CC[C@@H]12. The fourth-order valence-corrected chi connectivity index (χ4v) is 7.41. The van der Waals surface area contributed by atoms with E-state index in [9.17, 15) is 13.5 Å². The summed E-state index contributed by atoms with van der Waals surface area (Å²) in [6.45, 7) is 4.92. The number of rotatable bonds is 5. The second-order valence-corrected chi connectivity index (χ2v) is 10.7. The summed E-state index contributed by atoms with van der Waals surface area (Å²) in [7, 11) is -2.58. The average molecular weight is 424 g/mol. The van der Waals surface area contributed by atoms with Crippen LogP contribution in [0.4, 0.5) is 0 Å². The summed E-state index contributed by atoms with van der Waals surface area (Å²) in [4.78, 5) is 0. The number of aryl methyl sites for hydroxylation is 1. The molecule has 6 nitrogen and oxygen atoms in total. The predicted octanol–water partition coefficient (Wildman–Crippen LogP) is 3.38. The van der Waals surface area contributed by atoms with E-state index in [1.165, 1.54) is 31.9 Å². The fraction of sp³-hybridized carbons (Fsp3) is 0.727. The van der Waals surface area contributed by atoms with Gasteiger partial charge in [0.25, 0.3) is 0 Å². The molecule has 0 unspecified atom stereocenters. The van der Waals surface area contributed by atoms with Crippen LogP contribution in [0.3, 0.4) is 0 Å². The molecule has 0 aliphatic heterocycles. The van der Waals surface area contributed by atoms with E-state index in [1.54, 1.807) is 6.07 Å². The summed E-state index contributed by atoms with van der Waals surface area (Å²) in [6.07, 6.45) is 6.77. The average Bonchev–Trinajstić information content (AvgIpc) is 3.02. The van der Waals surface area contributed by atoms with E-state index in [4.69, 9.17) is 14.1 Å². The van der Waals surface area contributed by atoms with Crippen molar-refractivity contribution in [3.05, 3.63) is 23.3 Å². The van der Waals surface area contributed by atoms with Crippen molar-refractivity contribution in [2.24, 2.45) is 34.2 Å². The molecule has 2 fully saturated rings. The van der Waals surface area contributed by atoms with Crippen molar-refractivity contribution in [2.45, 2.75) is 58.3 Å². The maximum Gasteiger partial charge on any atom is 0.380 e. The first-order valence-electron chi connectivity index (χ1n) is 10.7. The van der Waals surface area contributed by atoms with Crippen molar-refractivity contribution in [1.82, 2.24) is 0 Å². The molecule has 0 saturated heterocycles. The maximum atomic E-state index is 11.4. The summed E-state index contributed by atoms with van der Waals surface area (Å²) in [5.41, 5.74) is 2.73. The van der Waals surface area contributed by atoms with E-state index >= 15 is 0 Å². The Morgan fingerprint density at radius 1 is 1.24 bits per heavy atom. The summed E-state index contributed by atoms with van der Waals surface area (Å²) in [5, 5.41) is 14.8. The van der Waals surface area contributed by atoms with Gasteiger partial charge in [0, 0.05) is 6.61 Å².